The Hall–Kier alpha value is -1.54. The maximum absolute atomic E-state index is 12.1. The van der Waals surface area contributed by atoms with E-state index in [0.29, 0.717) is 5.16 Å². The molecule has 0 amide bonds. The first-order valence-corrected chi connectivity index (χ1v) is 8.13. The second-order valence-corrected chi connectivity index (χ2v) is 6.73. The van der Waals surface area contributed by atoms with Crippen LogP contribution >= 0.6 is 11.8 Å². The van der Waals surface area contributed by atoms with Gasteiger partial charge in [-0.2, -0.15) is 4.98 Å². The molecule has 2 N–H and O–H groups in total. The maximum Gasteiger partial charge on any atom is 0.264 e. The fourth-order valence-electron chi connectivity index (χ4n) is 1.39. The van der Waals surface area contributed by atoms with Gasteiger partial charge in [-0.3, -0.25) is 0 Å². The third-order valence-electron chi connectivity index (χ3n) is 2.30. The number of thioether (sulfide) groups is 1. The highest BCUT2D eigenvalue weighted by Crippen LogP contribution is 2.16. The Morgan fingerprint density at radius 3 is 2.63 bits per heavy atom. The fraction of sp³-hybridized carbons (Fsp3) is 0.273. The highest BCUT2D eigenvalue weighted by Gasteiger charge is 2.16. The molecule has 0 atom stereocenters. The number of nitrogens with one attached hydrogen (secondary N) is 2. The van der Waals surface area contributed by atoms with Crippen LogP contribution in [-0.2, 0) is 10.0 Å². The van der Waals surface area contributed by atoms with Crippen molar-refractivity contribution in [1.29, 1.82) is 0 Å². The number of benzene rings is 1. The summed E-state index contributed by atoms with van der Waals surface area (Å²) in [5, 5.41) is 6.97. The SMILES string of the molecule is CCSc1n[nH]c(NS(=O)(=O)c2ccc(C)cc2)n1. The van der Waals surface area contributed by atoms with E-state index in [0.717, 1.165) is 11.3 Å². The number of rotatable bonds is 5. The minimum absolute atomic E-state index is 0.122. The van der Waals surface area contributed by atoms with Gasteiger partial charge in [0.15, 0.2) is 0 Å². The average molecular weight is 298 g/mol. The molecule has 102 valence electrons. The van der Waals surface area contributed by atoms with E-state index >= 15 is 0 Å². The Balaban J connectivity index is 2.18. The van der Waals surface area contributed by atoms with Crippen molar-refractivity contribution >= 4 is 27.7 Å². The van der Waals surface area contributed by atoms with Crippen LogP contribution < -0.4 is 4.72 Å². The Morgan fingerprint density at radius 2 is 2.00 bits per heavy atom. The number of H-pyrrole nitrogens is 1. The molecule has 0 aliphatic rings. The summed E-state index contributed by atoms with van der Waals surface area (Å²) in [5.41, 5.74) is 1.00. The minimum Gasteiger partial charge on any atom is -0.248 e. The largest absolute Gasteiger partial charge is 0.264 e. The summed E-state index contributed by atoms with van der Waals surface area (Å²) < 4.78 is 26.5. The van der Waals surface area contributed by atoms with Gasteiger partial charge in [0.05, 0.1) is 4.90 Å². The van der Waals surface area contributed by atoms with Crippen LogP contribution in [0.1, 0.15) is 12.5 Å². The van der Waals surface area contributed by atoms with Crippen molar-refractivity contribution in [2.24, 2.45) is 0 Å². The second-order valence-electron chi connectivity index (χ2n) is 3.82. The van der Waals surface area contributed by atoms with E-state index in [-0.39, 0.29) is 10.8 Å². The number of hydrogen-bond donors (Lipinski definition) is 2. The van der Waals surface area contributed by atoms with Crippen LogP contribution in [0.2, 0.25) is 0 Å². The molecular formula is C11H14N4O2S2. The second kappa shape index (κ2) is 5.62. The van der Waals surface area contributed by atoms with Crippen LogP contribution in [0.5, 0.6) is 0 Å². The lowest BCUT2D eigenvalue weighted by molar-refractivity contribution is 0.601. The van der Waals surface area contributed by atoms with Gasteiger partial charge in [-0.25, -0.2) is 18.2 Å². The smallest absolute Gasteiger partial charge is 0.248 e. The van der Waals surface area contributed by atoms with Crippen molar-refractivity contribution in [3.63, 3.8) is 0 Å². The highest BCUT2D eigenvalue weighted by molar-refractivity contribution is 7.99. The Kier molecular flexibility index (Phi) is 4.11. The van der Waals surface area contributed by atoms with Crippen molar-refractivity contribution in [1.82, 2.24) is 15.2 Å². The molecule has 0 spiro atoms. The Morgan fingerprint density at radius 1 is 1.32 bits per heavy atom. The van der Waals surface area contributed by atoms with E-state index in [9.17, 15) is 8.42 Å². The van der Waals surface area contributed by atoms with E-state index in [1.807, 2.05) is 13.8 Å². The van der Waals surface area contributed by atoms with Crippen LogP contribution in [0, 0.1) is 6.92 Å². The summed E-state index contributed by atoms with van der Waals surface area (Å²) >= 11 is 1.43. The van der Waals surface area contributed by atoms with E-state index in [1.54, 1.807) is 24.3 Å². The molecule has 0 unspecified atom stereocenters. The highest BCUT2D eigenvalue weighted by atomic mass is 32.2. The molecular weight excluding hydrogens is 284 g/mol. The average Bonchev–Trinajstić information content (AvgIpc) is 2.77. The van der Waals surface area contributed by atoms with Crippen LogP contribution in [-0.4, -0.2) is 29.4 Å². The molecule has 1 aromatic carbocycles. The number of nitrogens with zero attached hydrogens (tertiary/aromatic N) is 2. The molecule has 2 aromatic rings. The molecule has 0 fully saturated rings. The Labute approximate surface area is 116 Å². The molecule has 19 heavy (non-hydrogen) atoms. The quantitative estimate of drug-likeness (QED) is 0.825. The lowest BCUT2D eigenvalue weighted by atomic mass is 10.2. The van der Waals surface area contributed by atoms with Crippen LogP contribution in [0.3, 0.4) is 0 Å². The van der Waals surface area contributed by atoms with Crippen LogP contribution in [0.15, 0.2) is 34.3 Å². The zero-order valence-corrected chi connectivity index (χ0v) is 12.2. The molecule has 0 aliphatic heterocycles. The van der Waals surface area contributed by atoms with Gasteiger partial charge in [-0.15, -0.1) is 5.10 Å². The monoisotopic (exact) mass is 298 g/mol. The number of sulfonamides is 1. The van der Waals surface area contributed by atoms with Gasteiger partial charge in [0.2, 0.25) is 11.1 Å². The molecule has 6 nitrogen and oxygen atoms in total. The third kappa shape index (κ3) is 3.48. The molecule has 0 bridgehead atoms. The number of hydrogen-bond acceptors (Lipinski definition) is 5. The minimum atomic E-state index is -3.62. The number of anilines is 1. The van der Waals surface area contributed by atoms with Gasteiger partial charge in [0, 0.05) is 0 Å². The zero-order chi connectivity index (χ0) is 13.9. The lowest BCUT2D eigenvalue weighted by Gasteiger charge is -2.04. The first kappa shape index (κ1) is 13.9. The van der Waals surface area contributed by atoms with E-state index in [4.69, 9.17) is 0 Å². The van der Waals surface area contributed by atoms with E-state index < -0.39 is 10.0 Å². The number of aryl methyl sites for hydroxylation is 1. The number of aromatic amines is 1. The topological polar surface area (TPSA) is 87.7 Å². The summed E-state index contributed by atoms with van der Waals surface area (Å²) in [4.78, 5) is 4.23. The molecule has 0 saturated heterocycles. The molecule has 0 aliphatic carbocycles. The van der Waals surface area contributed by atoms with Gasteiger partial charge >= 0.3 is 0 Å². The fourth-order valence-corrected chi connectivity index (χ4v) is 2.87. The van der Waals surface area contributed by atoms with Crippen molar-refractivity contribution in [3.8, 4) is 0 Å². The van der Waals surface area contributed by atoms with Gasteiger partial charge in [-0.1, -0.05) is 36.4 Å². The predicted molar refractivity (Wildman–Crippen MR) is 74.8 cm³/mol. The van der Waals surface area contributed by atoms with Crippen molar-refractivity contribution in [2.45, 2.75) is 23.9 Å². The van der Waals surface area contributed by atoms with Crippen molar-refractivity contribution in [3.05, 3.63) is 29.8 Å². The summed E-state index contributed by atoms with van der Waals surface area (Å²) in [6.07, 6.45) is 0. The van der Waals surface area contributed by atoms with Gasteiger partial charge in [0.1, 0.15) is 0 Å². The predicted octanol–water partition coefficient (Wildman–Crippen LogP) is 2.03. The lowest BCUT2D eigenvalue weighted by Crippen LogP contribution is -2.13. The first-order valence-electron chi connectivity index (χ1n) is 5.66. The summed E-state index contributed by atoms with van der Waals surface area (Å²) in [6, 6.07) is 6.59. The molecule has 0 saturated carbocycles. The first-order chi connectivity index (χ1) is 9.01. The van der Waals surface area contributed by atoms with Gasteiger partial charge in [-0.05, 0) is 24.8 Å². The third-order valence-corrected chi connectivity index (χ3v) is 4.38. The molecule has 8 heteroatoms. The van der Waals surface area contributed by atoms with Gasteiger partial charge < -0.3 is 0 Å². The van der Waals surface area contributed by atoms with Crippen molar-refractivity contribution < 1.29 is 8.42 Å². The normalized spacial score (nSPS) is 11.5. The summed E-state index contributed by atoms with van der Waals surface area (Å²) in [7, 11) is -3.62. The van der Waals surface area contributed by atoms with Gasteiger partial charge in [0.25, 0.3) is 10.0 Å². The van der Waals surface area contributed by atoms with E-state index in [2.05, 4.69) is 19.9 Å². The van der Waals surface area contributed by atoms with Crippen LogP contribution in [0.4, 0.5) is 5.95 Å². The Bertz CT molecular complexity index is 650. The van der Waals surface area contributed by atoms with Crippen LogP contribution in [0.25, 0.3) is 0 Å². The molecule has 1 aromatic heterocycles. The molecule has 2 rings (SSSR count). The zero-order valence-electron chi connectivity index (χ0n) is 10.5. The summed E-state index contributed by atoms with van der Waals surface area (Å²) in [5.74, 6) is 0.943. The maximum atomic E-state index is 12.1. The molecule has 1 heterocycles. The van der Waals surface area contributed by atoms with E-state index in [1.165, 1.54) is 11.8 Å². The summed E-state index contributed by atoms with van der Waals surface area (Å²) in [6.45, 7) is 3.87. The standard InChI is InChI=1S/C11H14N4O2S2/c1-3-18-11-12-10(13-14-11)15-19(16,17)9-6-4-8(2)5-7-9/h4-7H,3H2,1-2H3,(H2,12,13,14,15). The molecule has 0 radical (unpaired) electrons. The number of aromatic nitrogens is 3. The van der Waals surface area contributed by atoms with Crippen molar-refractivity contribution in [2.75, 3.05) is 10.5 Å².